The maximum Gasteiger partial charge on any atom is 0.306 e. The Bertz CT molecular complexity index is 1290. The molecule has 0 radical (unpaired) electrons. The molecular formula is C74H140O6. The minimum absolute atomic E-state index is 0.0722. The van der Waals surface area contributed by atoms with Crippen LogP contribution in [0.5, 0.6) is 0 Å². The van der Waals surface area contributed by atoms with Crippen molar-refractivity contribution in [3.05, 3.63) is 24.3 Å². The standard InChI is InChI=1S/C74H140O6/c1-4-7-10-13-16-19-22-25-28-30-31-32-33-34-35-36-37-38-39-40-41-42-43-44-45-47-49-52-55-58-61-64-67-73(76)79-70-71(69-78-72(75)66-63-60-57-54-51-48-27-24-21-18-15-12-9-6-3)80-74(77)68-65-62-59-56-53-50-46-29-26-23-20-17-14-11-8-5-2/h24,27,29,46,71H,4-23,25-26,28,30-45,47-70H2,1-3H3/b27-24-,46-29-. The molecule has 0 fully saturated rings. The van der Waals surface area contributed by atoms with Crippen molar-refractivity contribution in [1.82, 2.24) is 0 Å². The second-order valence-corrected chi connectivity index (χ2v) is 24.9. The molecule has 0 saturated carbocycles. The maximum atomic E-state index is 12.9. The van der Waals surface area contributed by atoms with Crippen molar-refractivity contribution >= 4 is 17.9 Å². The summed E-state index contributed by atoms with van der Waals surface area (Å²) in [6, 6.07) is 0. The molecule has 0 saturated heterocycles. The summed E-state index contributed by atoms with van der Waals surface area (Å²) >= 11 is 0. The first-order valence-corrected chi connectivity index (χ1v) is 36.3. The first-order chi connectivity index (χ1) is 39.5. The highest BCUT2D eigenvalue weighted by Crippen LogP contribution is 2.19. The van der Waals surface area contributed by atoms with Gasteiger partial charge in [0.05, 0.1) is 0 Å². The van der Waals surface area contributed by atoms with Gasteiger partial charge in [0.25, 0.3) is 0 Å². The van der Waals surface area contributed by atoms with Crippen molar-refractivity contribution in [2.75, 3.05) is 13.2 Å². The van der Waals surface area contributed by atoms with E-state index in [1.165, 1.54) is 302 Å². The van der Waals surface area contributed by atoms with E-state index >= 15 is 0 Å². The first-order valence-electron chi connectivity index (χ1n) is 36.3. The summed E-state index contributed by atoms with van der Waals surface area (Å²) < 4.78 is 17.0. The number of allylic oxidation sites excluding steroid dienone is 4. The van der Waals surface area contributed by atoms with Crippen molar-refractivity contribution in [3.8, 4) is 0 Å². The lowest BCUT2D eigenvalue weighted by molar-refractivity contribution is -0.167. The van der Waals surface area contributed by atoms with E-state index in [0.29, 0.717) is 19.3 Å². The van der Waals surface area contributed by atoms with Crippen LogP contribution in [-0.4, -0.2) is 37.2 Å². The van der Waals surface area contributed by atoms with Crippen LogP contribution >= 0.6 is 0 Å². The monoisotopic (exact) mass is 1130 g/mol. The number of rotatable bonds is 68. The highest BCUT2D eigenvalue weighted by Gasteiger charge is 2.19. The van der Waals surface area contributed by atoms with E-state index in [1.807, 2.05) is 0 Å². The van der Waals surface area contributed by atoms with Crippen LogP contribution in [0, 0.1) is 0 Å². The van der Waals surface area contributed by atoms with E-state index in [2.05, 4.69) is 45.1 Å². The van der Waals surface area contributed by atoms with Gasteiger partial charge in [-0.2, -0.15) is 0 Å². The van der Waals surface area contributed by atoms with E-state index in [1.54, 1.807) is 0 Å². The Labute approximate surface area is 500 Å². The predicted octanol–water partition coefficient (Wildman–Crippen LogP) is 25.0. The molecule has 0 heterocycles. The Kier molecular flexibility index (Phi) is 67.6. The zero-order valence-corrected chi connectivity index (χ0v) is 54.4. The number of hydrogen-bond acceptors (Lipinski definition) is 6. The second kappa shape index (κ2) is 69.4. The van der Waals surface area contributed by atoms with Crippen LogP contribution < -0.4 is 0 Å². The summed E-state index contributed by atoms with van der Waals surface area (Å²) in [6.45, 7) is 6.69. The summed E-state index contributed by atoms with van der Waals surface area (Å²) in [5.41, 5.74) is 0. The van der Waals surface area contributed by atoms with Crippen LogP contribution in [0.4, 0.5) is 0 Å². The van der Waals surface area contributed by atoms with Gasteiger partial charge < -0.3 is 14.2 Å². The quantitative estimate of drug-likeness (QED) is 0.0261. The Morgan fingerprint density at radius 1 is 0.237 bits per heavy atom. The highest BCUT2D eigenvalue weighted by atomic mass is 16.6. The predicted molar refractivity (Wildman–Crippen MR) is 349 cm³/mol. The van der Waals surface area contributed by atoms with E-state index in [-0.39, 0.29) is 31.1 Å². The Balaban J connectivity index is 4.11. The molecular weight excluding hydrogens is 985 g/mol. The van der Waals surface area contributed by atoms with Crippen molar-refractivity contribution < 1.29 is 28.6 Å². The highest BCUT2D eigenvalue weighted by molar-refractivity contribution is 5.71. The summed E-state index contributed by atoms with van der Waals surface area (Å²) in [5, 5.41) is 0. The third-order valence-corrected chi connectivity index (χ3v) is 16.7. The molecule has 0 aromatic carbocycles. The number of unbranched alkanes of at least 4 members (excludes halogenated alkanes) is 53. The minimum Gasteiger partial charge on any atom is -0.462 e. The molecule has 0 spiro atoms. The summed E-state index contributed by atoms with van der Waals surface area (Å²) in [4.78, 5) is 38.4. The van der Waals surface area contributed by atoms with Gasteiger partial charge in [-0.05, 0) is 70.6 Å². The largest absolute Gasteiger partial charge is 0.462 e. The van der Waals surface area contributed by atoms with Crippen LogP contribution in [0.2, 0.25) is 0 Å². The number of carbonyl (C=O) groups excluding carboxylic acids is 3. The fourth-order valence-corrected chi connectivity index (χ4v) is 11.2. The van der Waals surface area contributed by atoms with Crippen molar-refractivity contribution in [1.29, 1.82) is 0 Å². The van der Waals surface area contributed by atoms with Crippen LogP contribution in [0.1, 0.15) is 412 Å². The Morgan fingerprint density at radius 2 is 0.412 bits per heavy atom. The lowest BCUT2D eigenvalue weighted by atomic mass is 10.0. The van der Waals surface area contributed by atoms with Gasteiger partial charge in [-0.25, -0.2) is 0 Å². The molecule has 80 heavy (non-hydrogen) atoms. The first kappa shape index (κ1) is 77.9. The number of hydrogen-bond donors (Lipinski definition) is 0. The average molecular weight is 1130 g/mol. The molecule has 0 aliphatic carbocycles. The van der Waals surface area contributed by atoms with Crippen LogP contribution in [-0.2, 0) is 28.6 Å². The normalized spacial score (nSPS) is 12.1. The van der Waals surface area contributed by atoms with E-state index < -0.39 is 6.10 Å². The van der Waals surface area contributed by atoms with Crippen molar-refractivity contribution in [3.63, 3.8) is 0 Å². The molecule has 6 nitrogen and oxygen atoms in total. The molecule has 0 rings (SSSR count). The summed E-state index contributed by atoms with van der Waals surface area (Å²) in [7, 11) is 0. The van der Waals surface area contributed by atoms with Crippen LogP contribution in [0.15, 0.2) is 24.3 Å². The SMILES string of the molecule is CCCCCCC/C=C\CCCCCCCC(=O)OCC(COC(=O)CCCCCCCCCCCCCCCCCCCCCCCCCCCCCCCCCC)OC(=O)CCCCCCC/C=C\CCCCCCCCC. The number of carbonyl (C=O) groups is 3. The lowest BCUT2D eigenvalue weighted by Gasteiger charge is -2.18. The molecule has 1 unspecified atom stereocenters. The molecule has 0 N–H and O–H groups in total. The average Bonchev–Trinajstić information content (AvgIpc) is 3.46. The molecule has 0 bridgehead atoms. The molecule has 0 aromatic rings. The molecule has 472 valence electrons. The van der Waals surface area contributed by atoms with Gasteiger partial charge in [0, 0.05) is 19.3 Å². The Morgan fingerprint density at radius 3 is 0.625 bits per heavy atom. The molecule has 0 amide bonds. The maximum absolute atomic E-state index is 12.9. The lowest BCUT2D eigenvalue weighted by Crippen LogP contribution is -2.30. The van der Waals surface area contributed by atoms with Crippen molar-refractivity contribution in [2.24, 2.45) is 0 Å². The smallest absolute Gasteiger partial charge is 0.306 e. The zero-order valence-electron chi connectivity index (χ0n) is 54.4. The van der Waals surface area contributed by atoms with Gasteiger partial charge in [0.1, 0.15) is 13.2 Å². The summed E-state index contributed by atoms with van der Waals surface area (Å²) in [6.07, 6.45) is 85.2. The fraction of sp³-hybridized carbons (Fsp3) is 0.905. The third-order valence-electron chi connectivity index (χ3n) is 16.7. The van der Waals surface area contributed by atoms with Crippen molar-refractivity contribution in [2.45, 2.75) is 419 Å². The van der Waals surface area contributed by atoms with Crippen LogP contribution in [0.3, 0.4) is 0 Å². The van der Waals surface area contributed by atoms with Gasteiger partial charge in [0.15, 0.2) is 6.10 Å². The number of esters is 3. The summed E-state index contributed by atoms with van der Waals surface area (Å²) in [5.74, 6) is -0.861. The van der Waals surface area contributed by atoms with E-state index in [4.69, 9.17) is 14.2 Å². The molecule has 6 heteroatoms. The number of ether oxygens (including phenoxy) is 3. The van der Waals surface area contributed by atoms with Crippen LogP contribution in [0.25, 0.3) is 0 Å². The molecule has 1 atom stereocenters. The molecule has 0 aromatic heterocycles. The molecule has 0 aliphatic rings. The van der Waals surface area contributed by atoms with Gasteiger partial charge >= 0.3 is 17.9 Å². The minimum atomic E-state index is -0.777. The topological polar surface area (TPSA) is 78.9 Å². The zero-order chi connectivity index (χ0) is 57.8. The molecule has 0 aliphatic heterocycles. The van der Waals surface area contributed by atoms with Gasteiger partial charge in [-0.15, -0.1) is 0 Å². The van der Waals surface area contributed by atoms with Gasteiger partial charge in [0.2, 0.25) is 0 Å². The second-order valence-electron chi connectivity index (χ2n) is 24.9. The van der Waals surface area contributed by atoms with Gasteiger partial charge in [-0.3, -0.25) is 14.4 Å². The Hall–Kier alpha value is -2.11. The third kappa shape index (κ3) is 66.7. The fourth-order valence-electron chi connectivity index (χ4n) is 11.2. The van der Waals surface area contributed by atoms with E-state index in [9.17, 15) is 14.4 Å². The van der Waals surface area contributed by atoms with E-state index in [0.717, 1.165) is 70.6 Å². The van der Waals surface area contributed by atoms with Gasteiger partial charge in [-0.1, -0.05) is 347 Å².